The molecule has 0 aliphatic heterocycles. The highest BCUT2D eigenvalue weighted by atomic mass is 35.5. The van der Waals surface area contributed by atoms with Gasteiger partial charge in [0.05, 0.1) is 12.8 Å². The molecule has 0 bridgehead atoms. The van der Waals surface area contributed by atoms with E-state index in [2.05, 4.69) is 15.8 Å². The molecule has 0 atom stereocenters. The predicted molar refractivity (Wildman–Crippen MR) is 139 cm³/mol. The number of carbonyl (C=O) groups excluding carboxylic acids is 2. The summed E-state index contributed by atoms with van der Waals surface area (Å²) in [6.07, 6.45) is 2.14. The Hall–Kier alpha value is -3.55. The molecule has 0 aliphatic rings. The standard InChI is InChI=1S/C26H25Cl2N3O4/c1-3-18-7-5-6-8-22(18)30-25(32)26(33)31-29-15-17-9-12-23(24(13-17)34-4-2)35-16-19-10-11-20(27)14-21(19)28/h5-15H,3-4,16H2,1-2H3,(H,30,32)(H,31,33)/b29-15+. The van der Waals surface area contributed by atoms with Gasteiger partial charge in [0.1, 0.15) is 6.61 Å². The van der Waals surface area contributed by atoms with E-state index in [1.165, 1.54) is 6.21 Å². The number of amides is 2. The molecule has 0 heterocycles. The molecule has 7 nitrogen and oxygen atoms in total. The van der Waals surface area contributed by atoms with E-state index in [1.807, 2.05) is 26.0 Å². The molecular weight excluding hydrogens is 489 g/mol. The van der Waals surface area contributed by atoms with Gasteiger partial charge >= 0.3 is 11.8 Å². The van der Waals surface area contributed by atoms with Crippen LogP contribution in [0.5, 0.6) is 11.5 Å². The number of hydrogen-bond donors (Lipinski definition) is 2. The summed E-state index contributed by atoms with van der Waals surface area (Å²) in [4.78, 5) is 24.3. The van der Waals surface area contributed by atoms with Crippen LogP contribution < -0.4 is 20.2 Å². The topological polar surface area (TPSA) is 89.0 Å². The molecule has 0 spiro atoms. The summed E-state index contributed by atoms with van der Waals surface area (Å²) in [7, 11) is 0. The van der Waals surface area contributed by atoms with Gasteiger partial charge < -0.3 is 14.8 Å². The minimum atomic E-state index is -0.878. The molecule has 3 rings (SSSR count). The molecule has 0 fully saturated rings. The van der Waals surface area contributed by atoms with Crippen molar-refractivity contribution in [2.45, 2.75) is 26.9 Å². The third-order valence-corrected chi connectivity index (χ3v) is 5.49. The highest BCUT2D eigenvalue weighted by molar-refractivity contribution is 6.39. The van der Waals surface area contributed by atoms with Crippen LogP contribution in [-0.2, 0) is 22.6 Å². The number of hydrogen-bond acceptors (Lipinski definition) is 5. The van der Waals surface area contributed by atoms with Crippen molar-refractivity contribution >= 4 is 46.9 Å². The van der Waals surface area contributed by atoms with Crippen LogP contribution in [0.4, 0.5) is 5.69 Å². The van der Waals surface area contributed by atoms with E-state index in [9.17, 15) is 9.59 Å². The molecule has 0 radical (unpaired) electrons. The van der Waals surface area contributed by atoms with Crippen LogP contribution in [0, 0.1) is 0 Å². The van der Waals surface area contributed by atoms with E-state index in [-0.39, 0.29) is 6.61 Å². The van der Waals surface area contributed by atoms with Crippen LogP contribution >= 0.6 is 23.2 Å². The Labute approximate surface area is 214 Å². The number of para-hydroxylation sites is 1. The number of ether oxygens (including phenoxy) is 2. The molecule has 0 saturated heterocycles. The van der Waals surface area contributed by atoms with E-state index in [0.29, 0.717) is 39.4 Å². The lowest BCUT2D eigenvalue weighted by Gasteiger charge is -2.13. The molecule has 0 aromatic heterocycles. The van der Waals surface area contributed by atoms with Crippen molar-refractivity contribution < 1.29 is 19.1 Å². The molecule has 2 N–H and O–H groups in total. The van der Waals surface area contributed by atoms with Gasteiger partial charge in [0.25, 0.3) is 0 Å². The van der Waals surface area contributed by atoms with E-state index in [4.69, 9.17) is 32.7 Å². The van der Waals surface area contributed by atoms with Crippen molar-refractivity contribution in [3.8, 4) is 11.5 Å². The lowest BCUT2D eigenvalue weighted by molar-refractivity contribution is -0.136. The number of nitrogens with zero attached hydrogens (tertiary/aromatic N) is 1. The summed E-state index contributed by atoms with van der Waals surface area (Å²) in [5.74, 6) is -0.658. The van der Waals surface area contributed by atoms with Gasteiger partial charge in [-0.2, -0.15) is 5.10 Å². The minimum absolute atomic E-state index is 0.232. The van der Waals surface area contributed by atoms with E-state index in [0.717, 1.165) is 17.5 Å². The van der Waals surface area contributed by atoms with Gasteiger partial charge in [0.15, 0.2) is 11.5 Å². The van der Waals surface area contributed by atoms with Crippen LogP contribution in [-0.4, -0.2) is 24.6 Å². The maximum atomic E-state index is 12.2. The van der Waals surface area contributed by atoms with Gasteiger partial charge in [-0.1, -0.05) is 54.4 Å². The first-order valence-corrected chi connectivity index (χ1v) is 11.7. The molecule has 9 heteroatoms. The van der Waals surface area contributed by atoms with Crippen LogP contribution in [0.3, 0.4) is 0 Å². The van der Waals surface area contributed by atoms with Crippen LogP contribution in [0.25, 0.3) is 0 Å². The van der Waals surface area contributed by atoms with E-state index < -0.39 is 11.8 Å². The Morgan fingerprint density at radius 1 is 0.914 bits per heavy atom. The number of benzene rings is 3. The Balaban J connectivity index is 1.62. The summed E-state index contributed by atoms with van der Waals surface area (Å²) < 4.78 is 11.6. The highest BCUT2D eigenvalue weighted by Crippen LogP contribution is 2.30. The number of carbonyl (C=O) groups is 2. The largest absolute Gasteiger partial charge is 0.490 e. The number of hydrazone groups is 1. The second-order valence-corrected chi connectivity index (χ2v) is 8.17. The molecule has 3 aromatic rings. The molecule has 3 aromatic carbocycles. The summed E-state index contributed by atoms with van der Waals surface area (Å²) in [6, 6.07) is 17.7. The minimum Gasteiger partial charge on any atom is -0.490 e. The molecule has 182 valence electrons. The van der Waals surface area contributed by atoms with Gasteiger partial charge in [0, 0.05) is 21.3 Å². The first-order valence-electron chi connectivity index (χ1n) is 11.0. The van der Waals surface area contributed by atoms with E-state index in [1.54, 1.807) is 48.5 Å². The molecule has 0 aliphatic carbocycles. The number of anilines is 1. The molecular formula is C26H25Cl2N3O4. The smallest absolute Gasteiger partial charge is 0.329 e. The molecule has 35 heavy (non-hydrogen) atoms. The SMILES string of the molecule is CCOc1cc(/C=N/NC(=O)C(=O)Nc2ccccc2CC)ccc1OCc1ccc(Cl)cc1Cl. The summed E-state index contributed by atoms with van der Waals surface area (Å²) in [5.41, 5.74) is 5.18. The van der Waals surface area contributed by atoms with Crippen molar-refractivity contribution in [2.75, 3.05) is 11.9 Å². The Kier molecular flexibility index (Phi) is 9.52. The average Bonchev–Trinajstić information content (AvgIpc) is 2.85. The number of rotatable bonds is 9. The quantitative estimate of drug-likeness (QED) is 0.220. The molecule has 2 amide bonds. The normalized spacial score (nSPS) is 10.7. The van der Waals surface area contributed by atoms with E-state index >= 15 is 0 Å². The Morgan fingerprint density at radius 3 is 2.46 bits per heavy atom. The highest BCUT2D eigenvalue weighted by Gasteiger charge is 2.14. The zero-order valence-electron chi connectivity index (χ0n) is 19.3. The van der Waals surface area contributed by atoms with Crippen LogP contribution in [0.2, 0.25) is 10.0 Å². The maximum absolute atomic E-state index is 12.2. The van der Waals surface area contributed by atoms with Gasteiger partial charge in [-0.15, -0.1) is 0 Å². The monoisotopic (exact) mass is 513 g/mol. The van der Waals surface area contributed by atoms with Crippen molar-refractivity contribution in [1.82, 2.24) is 5.43 Å². The zero-order chi connectivity index (χ0) is 25.2. The van der Waals surface area contributed by atoms with Gasteiger partial charge in [-0.25, -0.2) is 5.43 Å². The Morgan fingerprint density at radius 2 is 1.71 bits per heavy atom. The fourth-order valence-corrected chi connectivity index (χ4v) is 3.60. The van der Waals surface area contributed by atoms with Crippen LogP contribution in [0.1, 0.15) is 30.5 Å². The van der Waals surface area contributed by atoms with Gasteiger partial charge in [-0.05, 0) is 60.9 Å². The average molecular weight is 514 g/mol. The zero-order valence-corrected chi connectivity index (χ0v) is 20.8. The van der Waals surface area contributed by atoms with Crippen LogP contribution in [0.15, 0.2) is 65.8 Å². The summed E-state index contributed by atoms with van der Waals surface area (Å²) >= 11 is 12.2. The molecule has 0 unspecified atom stereocenters. The Bertz CT molecular complexity index is 1230. The number of aryl methyl sites for hydroxylation is 1. The first-order chi connectivity index (χ1) is 16.9. The van der Waals surface area contributed by atoms with Crippen molar-refractivity contribution in [2.24, 2.45) is 5.10 Å². The van der Waals surface area contributed by atoms with Gasteiger partial charge in [0.2, 0.25) is 0 Å². The number of nitrogens with one attached hydrogen (secondary N) is 2. The lowest BCUT2D eigenvalue weighted by Crippen LogP contribution is -2.32. The fraction of sp³-hybridized carbons (Fsp3) is 0.192. The maximum Gasteiger partial charge on any atom is 0.329 e. The number of halogens is 2. The fourth-order valence-electron chi connectivity index (χ4n) is 3.13. The third-order valence-electron chi connectivity index (χ3n) is 4.90. The van der Waals surface area contributed by atoms with Gasteiger partial charge in [-0.3, -0.25) is 9.59 Å². The third kappa shape index (κ3) is 7.47. The lowest BCUT2D eigenvalue weighted by atomic mass is 10.1. The second kappa shape index (κ2) is 12.8. The van der Waals surface area contributed by atoms with Crippen molar-refractivity contribution in [1.29, 1.82) is 0 Å². The first kappa shape index (κ1) is 26.1. The summed E-state index contributed by atoms with van der Waals surface area (Å²) in [5, 5.41) is 7.54. The molecule has 0 saturated carbocycles. The predicted octanol–water partition coefficient (Wildman–Crippen LogP) is 5.62. The second-order valence-electron chi connectivity index (χ2n) is 7.33. The summed E-state index contributed by atoms with van der Waals surface area (Å²) in [6.45, 7) is 4.48. The van der Waals surface area contributed by atoms with Crippen molar-refractivity contribution in [3.05, 3.63) is 87.4 Å². The van der Waals surface area contributed by atoms with Crippen molar-refractivity contribution in [3.63, 3.8) is 0 Å².